The third kappa shape index (κ3) is 1.91. The van der Waals surface area contributed by atoms with E-state index in [2.05, 4.69) is 10.2 Å². The fourth-order valence-electron chi connectivity index (χ4n) is 1.75. The predicted octanol–water partition coefficient (Wildman–Crippen LogP) is 3.59. The van der Waals surface area contributed by atoms with Crippen molar-refractivity contribution in [1.82, 2.24) is 14.8 Å². The number of aromatic nitrogens is 3. The van der Waals surface area contributed by atoms with Gasteiger partial charge in [-0.3, -0.25) is 4.57 Å². The molecule has 1 fully saturated rings. The first-order chi connectivity index (χ1) is 8.16. The Hall–Kier alpha value is -1.13. The first-order valence-corrected chi connectivity index (χ1v) is 5.98. The SMILES string of the molecule is Fc1ccc(-n2c(Cl)nnc2C2CC2)cc1Cl. The lowest BCUT2D eigenvalue weighted by Crippen LogP contribution is -2.00. The minimum Gasteiger partial charge on any atom is -0.269 e. The average molecular weight is 272 g/mol. The summed E-state index contributed by atoms with van der Waals surface area (Å²) in [6.07, 6.45) is 2.17. The average Bonchev–Trinajstić information content (AvgIpc) is 3.07. The van der Waals surface area contributed by atoms with Gasteiger partial charge in [0, 0.05) is 5.92 Å². The maximum atomic E-state index is 13.1. The van der Waals surface area contributed by atoms with Crippen molar-refractivity contribution in [2.45, 2.75) is 18.8 Å². The summed E-state index contributed by atoms with van der Waals surface area (Å²) >= 11 is 11.8. The van der Waals surface area contributed by atoms with Crippen molar-refractivity contribution < 1.29 is 4.39 Å². The molecule has 0 N–H and O–H groups in total. The summed E-state index contributed by atoms with van der Waals surface area (Å²) in [5, 5.41) is 8.23. The van der Waals surface area contributed by atoms with E-state index in [1.165, 1.54) is 12.1 Å². The minimum atomic E-state index is -0.451. The maximum Gasteiger partial charge on any atom is 0.229 e. The molecular formula is C11H8Cl2FN3. The van der Waals surface area contributed by atoms with Crippen molar-refractivity contribution in [2.24, 2.45) is 0 Å². The van der Waals surface area contributed by atoms with Gasteiger partial charge in [0.1, 0.15) is 11.6 Å². The van der Waals surface area contributed by atoms with Crippen LogP contribution in [0.1, 0.15) is 24.6 Å². The minimum absolute atomic E-state index is 0.0639. The van der Waals surface area contributed by atoms with Crippen molar-refractivity contribution >= 4 is 23.2 Å². The van der Waals surface area contributed by atoms with Gasteiger partial charge < -0.3 is 0 Å². The highest BCUT2D eigenvalue weighted by atomic mass is 35.5. The summed E-state index contributed by atoms with van der Waals surface area (Å²) in [6, 6.07) is 4.45. The fraction of sp³-hybridized carbons (Fsp3) is 0.273. The molecule has 3 rings (SSSR count). The van der Waals surface area contributed by atoms with Crippen LogP contribution in [-0.4, -0.2) is 14.8 Å². The summed E-state index contributed by atoms with van der Waals surface area (Å²) in [5.41, 5.74) is 0.688. The number of hydrogen-bond donors (Lipinski definition) is 0. The van der Waals surface area contributed by atoms with Crippen LogP contribution in [0.15, 0.2) is 18.2 Å². The molecule has 1 aromatic carbocycles. The van der Waals surface area contributed by atoms with E-state index in [4.69, 9.17) is 23.2 Å². The molecule has 0 spiro atoms. The normalized spacial score (nSPS) is 15.2. The molecule has 1 aliphatic rings. The van der Waals surface area contributed by atoms with E-state index >= 15 is 0 Å². The molecule has 0 bridgehead atoms. The molecule has 3 nitrogen and oxygen atoms in total. The molecule has 88 valence electrons. The van der Waals surface area contributed by atoms with Gasteiger partial charge in [0.25, 0.3) is 0 Å². The number of benzene rings is 1. The van der Waals surface area contributed by atoms with E-state index in [0.717, 1.165) is 18.7 Å². The predicted molar refractivity (Wildman–Crippen MR) is 63.3 cm³/mol. The molecule has 6 heteroatoms. The van der Waals surface area contributed by atoms with Gasteiger partial charge in [-0.2, -0.15) is 0 Å². The number of hydrogen-bond acceptors (Lipinski definition) is 2. The number of halogens is 3. The highest BCUT2D eigenvalue weighted by Gasteiger charge is 2.30. The van der Waals surface area contributed by atoms with Crippen molar-refractivity contribution in [3.63, 3.8) is 0 Å². The van der Waals surface area contributed by atoms with Crippen molar-refractivity contribution in [2.75, 3.05) is 0 Å². The second-order valence-corrected chi connectivity index (χ2v) is 4.78. The zero-order valence-electron chi connectivity index (χ0n) is 8.70. The lowest BCUT2D eigenvalue weighted by Gasteiger charge is -2.07. The Balaban J connectivity index is 2.13. The first kappa shape index (κ1) is 11.0. The van der Waals surface area contributed by atoms with Gasteiger partial charge >= 0.3 is 0 Å². The van der Waals surface area contributed by atoms with Crippen LogP contribution in [-0.2, 0) is 0 Å². The van der Waals surface area contributed by atoms with E-state index in [9.17, 15) is 4.39 Å². The van der Waals surface area contributed by atoms with Crippen LogP contribution in [0.4, 0.5) is 4.39 Å². The maximum absolute atomic E-state index is 13.1. The Morgan fingerprint density at radius 2 is 2.00 bits per heavy atom. The number of rotatable bonds is 2. The van der Waals surface area contributed by atoms with Crippen LogP contribution in [0.5, 0.6) is 0 Å². The number of nitrogens with zero attached hydrogens (tertiary/aromatic N) is 3. The van der Waals surface area contributed by atoms with Crippen LogP contribution in [0.2, 0.25) is 10.3 Å². The molecule has 0 aliphatic heterocycles. The van der Waals surface area contributed by atoms with E-state index in [1.807, 2.05) is 0 Å². The quantitative estimate of drug-likeness (QED) is 0.836. The Kier molecular flexibility index (Phi) is 2.56. The Morgan fingerprint density at radius 1 is 1.24 bits per heavy atom. The van der Waals surface area contributed by atoms with Gasteiger partial charge in [-0.1, -0.05) is 11.6 Å². The van der Waals surface area contributed by atoms with E-state index in [0.29, 0.717) is 11.6 Å². The molecule has 0 atom stereocenters. The molecule has 1 aromatic heterocycles. The molecular weight excluding hydrogens is 264 g/mol. The Morgan fingerprint density at radius 3 is 2.65 bits per heavy atom. The summed E-state index contributed by atoms with van der Waals surface area (Å²) in [7, 11) is 0. The van der Waals surface area contributed by atoms with Crippen molar-refractivity contribution in [1.29, 1.82) is 0 Å². The van der Waals surface area contributed by atoms with E-state index in [1.54, 1.807) is 10.6 Å². The zero-order chi connectivity index (χ0) is 12.0. The van der Waals surface area contributed by atoms with Gasteiger partial charge in [-0.25, -0.2) is 4.39 Å². The molecule has 0 saturated heterocycles. The zero-order valence-corrected chi connectivity index (χ0v) is 10.2. The first-order valence-electron chi connectivity index (χ1n) is 5.23. The summed E-state index contributed by atoms with van der Waals surface area (Å²) in [4.78, 5) is 0. The largest absolute Gasteiger partial charge is 0.269 e. The van der Waals surface area contributed by atoms with E-state index < -0.39 is 5.82 Å². The molecule has 2 aromatic rings. The fourth-order valence-corrected chi connectivity index (χ4v) is 2.14. The standard InChI is InChI=1S/C11H8Cl2FN3/c12-8-5-7(3-4-9(8)14)17-10(6-1-2-6)15-16-11(17)13/h3-6H,1-2H2. The smallest absolute Gasteiger partial charge is 0.229 e. The Bertz CT molecular complexity index is 578. The van der Waals surface area contributed by atoms with Crippen LogP contribution in [0.25, 0.3) is 5.69 Å². The summed E-state index contributed by atoms with van der Waals surface area (Å²) < 4.78 is 14.8. The third-order valence-electron chi connectivity index (χ3n) is 2.75. The van der Waals surface area contributed by atoms with Crippen LogP contribution in [0.3, 0.4) is 0 Å². The lowest BCUT2D eigenvalue weighted by molar-refractivity contribution is 0.627. The molecule has 1 heterocycles. The molecule has 0 unspecified atom stereocenters. The van der Waals surface area contributed by atoms with E-state index in [-0.39, 0.29) is 10.3 Å². The van der Waals surface area contributed by atoms with Crippen LogP contribution >= 0.6 is 23.2 Å². The second-order valence-electron chi connectivity index (χ2n) is 4.04. The van der Waals surface area contributed by atoms with Gasteiger partial charge in [-0.05, 0) is 42.6 Å². The lowest BCUT2D eigenvalue weighted by atomic mass is 10.3. The van der Waals surface area contributed by atoms with Crippen LogP contribution < -0.4 is 0 Å². The van der Waals surface area contributed by atoms with Gasteiger partial charge in [0.15, 0.2) is 0 Å². The van der Waals surface area contributed by atoms with Gasteiger partial charge in [0.2, 0.25) is 5.28 Å². The molecule has 1 saturated carbocycles. The van der Waals surface area contributed by atoms with Gasteiger partial charge in [-0.15, -0.1) is 10.2 Å². The molecule has 17 heavy (non-hydrogen) atoms. The summed E-state index contributed by atoms with van der Waals surface area (Å²) in [6.45, 7) is 0. The second kappa shape index (κ2) is 3.96. The topological polar surface area (TPSA) is 30.7 Å². The monoisotopic (exact) mass is 271 g/mol. The molecule has 0 radical (unpaired) electrons. The van der Waals surface area contributed by atoms with Crippen LogP contribution in [0, 0.1) is 5.82 Å². The van der Waals surface area contributed by atoms with Crippen molar-refractivity contribution in [3.8, 4) is 5.69 Å². The highest BCUT2D eigenvalue weighted by molar-refractivity contribution is 6.31. The van der Waals surface area contributed by atoms with Crippen molar-refractivity contribution in [3.05, 3.63) is 40.1 Å². The van der Waals surface area contributed by atoms with Gasteiger partial charge in [0.05, 0.1) is 10.7 Å². The highest BCUT2D eigenvalue weighted by Crippen LogP contribution is 2.40. The molecule has 0 amide bonds. The third-order valence-corrected chi connectivity index (χ3v) is 3.29. The summed E-state index contributed by atoms with van der Waals surface area (Å²) in [5.74, 6) is 0.768. The molecule has 1 aliphatic carbocycles. The Labute approximate surface area is 107 Å².